The van der Waals surface area contributed by atoms with Crippen molar-refractivity contribution in [2.45, 2.75) is 13.8 Å². The van der Waals surface area contributed by atoms with Crippen molar-refractivity contribution in [2.75, 3.05) is 0 Å². The van der Waals surface area contributed by atoms with E-state index in [0.29, 0.717) is 0 Å². The van der Waals surface area contributed by atoms with Crippen LogP contribution in [0.25, 0.3) is 33.1 Å². The first kappa shape index (κ1) is 17.1. The quantitative estimate of drug-likeness (QED) is 0.304. The molecule has 5 aromatic rings. The van der Waals surface area contributed by atoms with E-state index in [-0.39, 0.29) is 0 Å². The summed E-state index contributed by atoms with van der Waals surface area (Å²) in [7, 11) is 0. The molecule has 0 spiro atoms. The van der Waals surface area contributed by atoms with E-state index in [1.807, 2.05) is 30.3 Å². The highest BCUT2D eigenvalue weighted by Crippen LogP contribution is 2.28. The van der Waals surface area contributed by atoms with Crippen LogP contribution in [0.15, 0.2) is 101 Å². The molecule has 0 atom stereocenters. The second-order valence-corrected chi connectivity index (χ2v) is 6.83. The first-order valence-electron chi connectivity index (χ1n) is 9.21. The number of hydrogen-bond acceptors (Lipinski definition) is 1. The van der Waals surface area contributed by atoms with Crippen molar-refractivity contribution in [1.82, 2.24) is 0 Å². The number of hydrogen-bond donors (Lipinski definition) is 0. The van der Waals surface area contributed by atoms with E-state index in [2.05, 4.69) is 80.6 Å². The van der Waals surface area contributed by atoms with Crippen molar-refractivity contribution in [3.63, 3.8) is 0 Å². The van der Waals surface area contributed by atoms with Crippen molar-refractivity contribution in [2.24, 2.45) is 0 Å². The second kappa shape index (κ2) is 7.51. The molecule has 5 rings (SSSR count). The minimum absolute atomic E-state index is 0.966. The summed E-state index contributed by atoms with van der Waals surface area (Å²) in [4.78, 5) is 0. The van der Waals surface area contributed by atoms with E-state index in [1.54, 1.807) is 0 Å². The monoisotopic (exact) mass is 350 g/mol. The highest BCUT2D eigenvalue weighted by atomic mass is 16.3. The van der Waals surface area contributed by atoms with Gasteiger partial charge in [0, 0.05) is 10.8 Å². The lowest BCUT2D eigenvalue weighted by molar-refractivity contribution is 0.669. The largest absolute Gasteiger partial charge is 0.456 e. The van der Waals surface area contributed by atoms with Crippen LogP contribution in [-0.4, -0.2) is 0 Å². The average Bonchev–Trinajstić information content (AvgIpc) is 3.08. The predicted molar refractivity (Wildman–Crippen MR) is 115 cm³/mol. The molecule has 1 aromatic heterocycles. The molecule has 0 saturated carbocycles. The van der Waals surface area contributed by atoms with Crippen molar-refractivity contribution >= 4 is 21.9 Å². The van der Waals surface area contributed by atoms with Crippen LogP contribution in [0.2, 0.25) is 0 Å². The summed E-state index contributed by atoms with van der Waals surface area (Å²) >= 11 is 0. The minimum atomic E-state index is 0.966. The summed E-state index contributed by atoms with van der Waals surface area (Å²) in [6, 6.07) is 33.4. The van der Waals surface area contributed by atoms with Crippen LogP contribution >= 0.6 is 0 Å². The van der Waals surface area contributed by atoms with Crippen molar-refractivity contribution < 1.29 is 4.42 Å². The van der Waals surface area contributed by atoms with E-state index < -0.39 is 0 Å². The fraction of sp³-hybridized carbons (Fsp3) is 0.0769. The molecule has 0 N–H and O–H groups in total. The minimum Gasteiger partial charge on any atom is -0.456 e. The molecule has 132 valence electrons. The van der Waals surface area contributed by atoms with E-state index in [1.165, 1.54) is 33.0 Å². The molecule has 27 heavy (non-hydrogen) atoms. The van der Waals surface area contributed by atoms with Crippen LogP contribution in [0, 0.1) is 13.8 Å². The molecule has 4 aromatic carbocycles. The van der Waals surface area contributed by atoms with Crippen LogP contribution in [0.3, 0.4) is 0 Å². The van der Waals surface area contributed by atoms with Gasteiger partial charge in [0.1, 0.15) is 11.2 Å². The van der Waals surface area contributed by atoms with Crippen LogP contribution in [0.1, 0.15) is 11.1 Å². The maximum absolute atomic E-state index is 5.71. The normalized spacial score (nSPS) is 10.6. The third-order valence-electron chi connectivity index (χ3n) is 4.69. The summed E-state index contributed by atoms with van der Waals surface area (Å²) in [5.41, 5.74) is 7.07. The second-order valence-electron chi connectivity index (χ2n) is 6.83. The highest BCUT2D eigenvalue weighted by Gasteiger charge is 2.04. The fourth-order valence-corrected chi connectivity index (χ4v) is 3.22. The number of aryl methyl sites for hydroxylation is 2. The Hall–Kier alpha value is -3.32. The third-order valence-corrected chi connectivity index (χ3v) is 4.69. The van der Waals surface area contributed by atoms with Crippen LogP contribution in [0.4, 0.5) is 0 Å². The van der Waals surface area contributed by atoms with Crippen LogP contribution < -0.4 is 0 Å². The van der Waals surface area contributed by atoms with Gasteiger partial charge in [-0.15, -0.1) is 0 Å². The van der Waals surface area contributed by atoms with Gasteiger partial charge >= 0.3 is 0 Å². The molecular formula is C26H22O. The molecule has 0 bridgehead atoms. The molecule has 0 aliphatic carbocycles. The summed E-state index contributed by atoms with van der Waals surface area (Å²) in [6.07, 6.45) is 0. The molecule has 0 aliphatic heterocycles. The number of rotatable bonds is 1. The van der Waals surface area contributed by atoms with Gasteiger partial charge in [0.25, 0.3) is 0 Å². The van der Waals surface area contributed by atoms with Gasteiger partial charge in [-0.05, 0) is 43.2 Å². The number of para-hydroxylation sites is 1. The molecule has 1 heteroatoms. The molecule has 0 saturated heterocycles. The molecule has 1 heterocycles. The summed E-state index contributed by atoms with van der Waals surface area (Å²) in [5.74, 6) is 0. The van der Waals surface area contributed by atoms with Gasteiger partial charge in [-0.2, -0.15) is 0 Å². The highest BCUT2D eigenvalue weighted by molar-refractivity contribution is 6.04. The fourth-order valence-electron chi connectivity index (χ4n) is 3.22. The molecule has 0 aliphatic rings. The standard InChI is InChI=1S/C13H10O.C13H12/c1-9-6-7-13-11(8-9)10-4-2-3-5-12(10)14-13;1-11-7-9-13(10-8-11)12-5-3-2-4-6-12/h2-8H,1H3;2-10H,1H3. The maximum Gasteiger partial charge on any atom is 0.135 e. The van der Waals surface area contributed by atoms with Crippen LogP contribution in [-0.2, 0) is 0 Å². The number of furan rings is 1. The van der Waals surface area contributed by atoms with Crippen molar-refractivity contribution in [3.05, 3.63) is 108 Å². The van der Waals surface area contributed by atoms with E-state index in [4.69, 9.17) is 4.42 Å². The first-order valence-corrected chi connectivity index (χ1v) is 9.21. The summed E-state index contributed by atoms with van der Waals surface area (Å²) in [5, 5.41) is 2.41. The lowest BCUT2D eigenvalue weighted by Gasteiger charge is -2.00. The Morgan fingerprint density at radius 1 is 0.481 bits per heavy atom. The molecule has 1 nitrogen and oxygen atoms in total. The third kappa shape index (κ3) is 3.78. The smallest absolute Gasteiger partial charge is 0.135 e. The Morgan fingerprint density at radius 3 is 1.85 bits per heavy atom. The Bertz CT molecular complexity index is 1170. The van der Waals surface area contributed by atoms with Gasteiger partial charge in [-0.1, -0.05) is 90.0 Å². The SMILES string of the molecule is Cc1ccc(-c2ccccc2)cc1.Cc1ccc2oc3ccccc3c2c1. The molecule has 0 unspecified atom stereocenters. The van der Waals surface area contributed by atoms with Gasteiger partial charge in [-0.3, -0.25) is 0 Å². The Balaban J connectivity index is 0.000000134. The van der Waals surface area contributed by atoms with Gasteiger partial charge in [0.15, 0.2) is 0 Å². The van der Waals surface area contributed by atoms with E-state index in [9.17, 15) is 0 Å². The van der Waals surface area contributed by atoms with E-state index >= 15 is 0 Å². The Kier molecular flexibility index (Phi) is 4.76. The van der Waals surface area contributed by atoms with Crippen molar-refractivity contribution in [3.8, 4) is 11.1 Å². The Labute approximate surface area is 159 Å². The van der Waals surface area contributed by atoms with E-state index in [0.717, 1.165) is 11.2 Å². The molecular weight excluding hydrogens is 328 g/mol. The van der Waals surface area contributed by atoms with Crippen LogP contribution in [0.5, 0.6) is 0 Å². The molecule has 0 amide bonds. The lowest BCUT2D eigenvalue weighted by Crippen LogP contribution is -1.76. The summed E-state index contributed by atoms with van der Waals surface area (Å²) < 4.78 is 5.71. The topological polar surface area (TPSA) is 13.1 Å². The zero-order valence-electron chi connectivity index (χ0n) is 15.6. The number of fused-ring (bicyclic) bond motifs is 3. The van der Waals surface area contributed by atoms with Gasteiger partial charge in [0.2, 0.25) is 0 Å². The molecule has 0 fully saturated rings. The first-order chi connectivity index (χ1) is 13.2. The zero-order valence-corrected chi connectivity index (χ0v) is 15.6. The van der Waals surface area contributed by atoms with Crippen molar-refractivity contribution in [1.29, 1.82) is 0 Å². The zero-order chi connectivity index (χ0) is 18.6. The molecule has 0 radical (unpaired) electrons. The summed E-state index contributed by atoms with van der Waals surface area (Å²) in [6.45, 7) is 4.20. The lowest BCUT2D eigenvalue weighted by atomic mass is 10.0. The van der Waals surface area contributed by atoms with Gasteiger partial charge < -0.3 is 4.42 Å². The average molecular weight is 350 g/mol. The Morgan fingerprint density at radius 2 is 1.07 bits per heavy atom. The van der Waals surface area contributed by atoms with Gasteiger partial charge in [0.05, 0.1) is 0 Å². The number of benzene rings is 4. The predicted octanol–water partition coefficient (Wildman–Crippen LogP) is 7.56. The maximum atomic E-state index is 5.71. The van der Waals surface area contributed by atoms with Gasteiger partial charge in [-0.25, -0.2) is 0 Å².